The van der Waals surface area contributed by atoms with Crippen molar-refractivity contribution in [3.63, 3.8) is 0 Å². The van der Waals surface area contributed by atoms with E-state index < -0.39 is 0 Å². The van der Waals surface area contributed by atoms with Crippen molar-refractivity contribution >= 4 is 11.8 Å². The van der Waals surface area contributed by atoms with Gasteiger partial charge < -0.3 is 4.90 Å². The monoisotopic (exact) mass is 201 g/mol. The molecule has 1 aliphatic carbocycles. The smallest absolute Gasteiger partial charge is 0.00982 e. The second-order valence-corrected chi connectivity index (χ2v) is 5.69. The molecule has 0 saturated heterocycles. The van der Waals surface area contributed by atoms with Crippen LogP contribution in [0.4, 0.5) is 0 Å². The van der Waals surface area contributed by atoms with Gasteiger partial charge in [0.25, 0.3) is 0 Å². The highest BCUT2D eigenvalue weighted by atomic mass is 32.2. The number of nitrogens with zero attached hydrogens (tertiary/aromatic N) is 1. The molecule has 0 spiro atoms. The minimum absolute atomic E-state index is 0.810. The molecule has 1 nitrogen and oxygen atoms in total. The first-order valence-corrected chi connectivity index (χ1v) is 6.72. The molecule has 2 heteroatoms. The molecule has 1 saturated carbocycles. The van der Waals surface area contributed by atoms with Crippen molar-refractivity contribution < 1.29 is 0 Å². The predicted molar refractivity (Wildman–Crippen MR) is 62.4 cm³/mol. The molecule has 0 radical (unpaired) electrons. The molecule has 0 aromatic carbocycles. The number of hydrogen-bond donors (Lipinski definition) is 0. The first kappa shape index (κ1) is 11.4. The summed E-state index contributed by atoms with van der Waals surface area (Å²) in [6.07, 6.45) is 5.08. The Kier molecular flexibility index (Phi) is 4.60. The topological polar surface area (TPSA) is 3.24 Å². The van der Waals surface area contributed by atoms with Gasteiger partial charge >= 0.3 is 0 Å². The summed E-state index contributed by atoms with van der Waals surface area (Å²) in [5, 5.41) is 0. The van der Waals surface area contributed by atoms with Crippen LogP contribution in [0.2, 0.25) is 0 Å². The fraction of sp³-hybridized carbons (Fsp3) is 1.00. The molecule has 78 valence electrons. The number of hydrogen-bond acceptors (Lipinski definition) is 2. The van der Waals surface area contributed by atoms with E-state index in [0.29, 0.717) is 0 Å². The molecule has 0 aromatic heterocycles. The summed E-state index contributed by atoms with van der Waals surface area (Å²) in [6.45, 7) is 5.86. The zero-order valence-corrected chi connectivity index (χ0v) is 10.2. The Hall–Kier alpha value is 0.310. The Morgan fingerprint density at radius 3 is 2.46 bits per heavy atom. The maximum atomic E-state index is 2.54. The average molecular weight is 201 g/mol. The quantitative estimate of drug-likeness (QED) is 0.673. The lowest BCUT2D eigenvalue weighted by Gasteiger charge is -2.41. The molecule has 0 aliphatic heterocycles. The van der Waals surface area contributed by atoms with Gasteiger partial charge in [-0.3, -0.25) is 0 Å². The molecule has 1 aliphatic rings. The van der Waals surface area contributed by atoms with Crippen molar-refractivity contribution in [2.24, 2.45) is 11.8 Å². The lowest BCUT2D eigenvalue weighted by molar-refractivity contribution is 0.103. The molecular formula is C11H23NS. The van der Waals surface area contributed by atoms with E-state index in [2.05, 4.69) is 32.1 Å². The zero-order chi connectivity index (χ0) is 9.84. The zero-order valence-electron chi connectivity index (χ0n) is 9.42. The molecule has 0 amide bonds. The van der Waals surface area contributed by atoms with E-state index in [-0.39, 0.29) is 0 Å². The lowest BCUT2D eigenvalue weighted by atomic mass is 9.80. The van der Waals surface area contributed by atoms with Crippen molar-refractivity contribution in [2.75, 3.05) is 25.6 Å². The Morgan fingerprint density at radius 1 is 1.38 bits per heavy atom. The maximum Gasteiger partial charge on any atom is 0.00982 e. The van der Waals surface area contributed by atoms with Crippen molar-refractivity contribution in [3.8, 4) is 0 Å². The minimum atomic E-state index is 0.810. The molecule has 0 N–H and O–H groups in total. The molecule has 0 bridgehead atoms. The summed E-state index contributed by atoms with van der Waals surface area (Å²) >= 11 is 1.99. The standard InChI is InChI=1S/C11H23NS/c1-9(2)7-12(3)11-5-10(6-11)8-13-4/h9-11H,5-8H2,1-4H3/t10-,11-. The van der Waals surface area contributed by atoms with Gasteiger partial charge in [0.15, 0.2) is 0 Å². The van der Waals surface area contributed by atoms with Crippen molar-refractivity contribution in [3.05, 3.63) is 0 Å². The normalized spacial score (nSPS) is 28.2. The second kappa shape index (κ2) is 5.26. The van der Waals surface area contributed by atoms with Gasteiger partial charge in [0.2, 0.25) is 0 Å². The van der Waals surface area contributed by atoms with Gasteiger partial charge in [0.1, 0.15) is 0 Å². The summed E-state index contributed by atoms with van der Waals surface area (Å²) in [5.74, 6) is 3.19. The van der Waals surface area contributed by atoms with Crippen LogP contribution in [-0.2, 0) is 0 Å². The van der Waals surface area contributed by atoms with Gasteiger partial charge in [0, 0.05) is 12.6 Å². The van der Waals surface area contributed by atoms with Crippen LogP contribution in [0.15, 0.2) is 0 Å². The van der Waals surface area contributed by atoms with Gasteiger partial charge in [-0.05, 0) is 43.7 Å². The van der Waals surface area contributed by atoms with Crippen LogP contribution < -0.4 is 0 Å². The molecule has 13 heavy (non-hydrogen) atoms. The lowest BCUT2D eigenvalue weighted by Crippen LogP contribution is -2.44. The Balaban J connectivity index is 2.11. The van der Waals surface area contributed by atoms with E-state index in [1.807, 2.05) is 11.8 Å². The largest absolute Gasteiger partial charge is 0.303 e. The van der Waals surface area contributed by atoms with Crippen LogP contribution in [0.25, 0.3) is 0 Å². The van der Waals surface area contributed by atoms with Gasteiger partial charge in [-0.15, -0.1) is 0 Å². The first-order valence-electron chi connectivity index (χ1n) is 5.32. The van der Waals surface area contributed by atoms with E-state index in [1.54, 1.807) is 0 Å². The molecule has 0 atom stereocenters. The Labute approximate surface area is 87.3 Å². The van der Waals surface area contributed by atoms with Gasteiger partial charge in [0.05, 0.1) is 0 Å². The number of thioether (sulfide) groups is 1. The molecule has 0 unspecified atom stereocenters. The van der Waals surface area contributed by atoms with Gasteiger partial charge in [-0.2, -0.15) is 11.8 Å². The van der Waals surface area contributed by atoms with Crippen molar-refractivity contribution in [2.45, 2.75) is 32.7 Å². The third-order valence-electron chi connectivity index (χ3n) is 2.89. The second-order valence-electron chi connectivity index (χ2n) is 4.78. The molecule has 0 heterocycles. The maximum absolute atomic E-state index is 2.54. The SMILES string of the molecule is CSC[C@H]1C[C@H](N(C)CC(C)C)C1. The fourth-order valence-electron chi connectivity index (χ4n) is 2.16. The fourth-order valence-corrected chi connectivity index (χ4v) is 2.90. The van der Waals surface area contributed by atoms with Gasteiger partial charge in [-0.1, -0.05) is 13.8 Å². The molecule has 1 fully saturated rings. The van der Waals surface area contributed by atoms with Crippen molar-refractivity contribution in [1.29, 1.82) is 0 Å². The highest BCUT2D eigenvalue weighted by Gasteiger charge is 2.31. The van der Waals surface area contributed by atoms with E-state index in [0.717, 1.165) is 17.9 Å². The summed E-state index contributed by atoms with van der Waals surface area (Å²) in [6, 6.07) is 0.888. The Bertz CT molecular complexity index is 141. The van der Waals surface area contributed by atoms with E-state index in [1.165, 1.54) is 25.1 Å². The third-order valence-corrected chi connectivity index (χ3v) is 3.69. The molecular weight excluding hydrogens is 178 g/mol. The highest BCUT2D eigenvalue weighted by Crippen LogP contribution is 2.33. The average Bonchev–Trinajstić information content (AvgIpc) is 1.93. The summed E-state index contributed by atoms with van der Waals surface area (Å²) in [7, 11) is 2.28. The summed E-state index contributed by atoms with van der Waals surface area (Å²) in [5.41, 5.74) is 0. The first-order chi connectivity index (χ1) is 6.13. The van der Waals surface area contributed by atoms with Crippen LogP contribution in [0, 0.1) is 11.8 Å². The van der Waals surface area contributed by atoms with Crippen LogP contribution in [0.5, 0.6) is 0 Å². The van der Waals surface area contributed by atoms with Crippen LogP contribution in [0.3, 0.4) is 0 Å². The minimum Gasteiger partial charge on any atom is -0.303 e. The van der Waals surface area contributed by atoms with Crippen LogP contribution in [-0.4, -0.2) is 36.5 Å². The van der Waals surface area contributed by atoms with Crippen molar-refractivity contribution in [1.82, 2.24) is 4.90 Å². The van der Waals surface area contributed by atoms with Crippen LogP contribution in [0.1, 0.15) is 26.7 Å². The van der Waals surface area contributed by atoms with E-state index >= 15 is 0 Å². The summed E-state index contributed by atoms with van der Waals surface area (Å²) in [4.78, 5) is 2.54. The molecule has 0 aromatic rings. The Morgan fingerprint density at radius 2 is 2.00 bits per heavy atom. The summed E-state index contributed by atoms with van der Waals surface area (Å²) < 4.78 is 0. The third kappa shape index (κ3) is 3.51. The molecule has 1 rings (SSSR count). The number of rotatable bonds is 5. The highest BCUT2D eigenvalue weighted by molar-refractivity contribution is 7.98. The predicted octanol–water partition coefficient (Wildman–Crippen LogP) is 2.72. The van der Waals surface area contributed by atoms with E-state index in [4.69, 9.17) is 0 Å². The van der Waals surface area contributed by atoms with Crippen LogP contribution >= 0.6 is 11.8 Å². The van der Waals surface area contributed by atoms with Gasteiger partial charge in [-0.25, -0.2) is 0 Å². The van der Waals surface area contributed by atoms with E-state index in [9.17, 15) is 0 Å².